The summed E-state index contributed by atoms with van der Waals surface area (Å²) in [6, 6.07) is 0. The van der Waals surface area contributed by atoms with Crippen LogP contribution in [0.4, 0.5) is 0 Å². The minimum atomic E-state index is -0.261. The smallest absolute Gasteiger partial charge is 0.288 e. The predicted molar refractivity (Wildman–Crippen MR) is 57.1 cm³/mol. The molecule has 5 heteroatoms. The summed E-state index contributed by atoms with van der Waals surface area (Å²) in [5.41, 5.74) is 0.442. The van der Waals surface area contributed by atoms with Crippen LogP contribution >= 0.6 is 11.6 Å². The SMILES string of the molecule is Cc1cnn([C@H]2CCCCO2)c(=O)c1Cl. The van der Waals surface area contributed by atoms with Crippen LogP contribution in [0, 0.1) is 6.92 Å². The lowest BCUT2D eigenvalue weighted by atomic mass is 10.2. The molecule has 1 aromatic rings. The van der Waals surface area contributed by atoms with Crippen molar-refractivity contribution >= 4 is 11.6 Å². The molecule has 0 radical (unpaired) electrons. The number of ether oxygens (including phenoxy) is 1. The van der Waals surface area contributed by atoms with E-state index in [1.807, 2.05) is 0 Å². The first-order valence-corrected chi connectivity index (χ1v) is 5.43. The van der Waals surface area contributed by atoms with Gasteiger partial charge in [-0.3, -0.25) is 4.79 Å². The number of rotatable bonds is 1. The van der Waals surface area contributed by atoms with Crippen LogP contribution < -0.4 is 5.56 Å². The number of aromatic nitrogens is 2. The monoisotopic (exact) mass is 228 g/mol. The number of nitrogens with zero attached hydrogens (tertiary/aromatic N) is 2. The van der Waals surface area contributed by atoms with E-state index in [9.17, 15) is 4.79 Å². The van der Waals surface area contributed by atoms with E-state index in [2.05, 4.69) is 5.10 Å². The lowest BCUT2D eigenvalue weighted by Crippen LogP contribution is -2.31. The predicted octanol–water partition coefficient (Wildman–Crippen LogP) is 1.90. The van der Waals surface area contributed by atoms with E-state index in [0.29, 0.717) is 12.2 Å². The second-order valence-electron chi connectivity index (χ2n) is 3.71. The normalized spacial score (nSPS) is 21.6. The Balaban J connectivity index is 2.35. The van der Waals surface area contributed by atoms with Crippen molar-refractivity contribution in [1.29, 1.82) is 0 Å². The third kappa shape index (κ3) is 2.06. The average molecular weight is 229 g/mol. The third-order valence-corrected chi connectivity index (χ3v) is 3.01. The molecule has 0 amide bonds. The first-order valence-electron chi connectivity index (χ1n) is 5.05. The lowest BCUT2D eigenvalue weighted by Gasteiger charge is -2.23. The topological polar surface area (TPSA) is 44.1 Å². The third-order valence-electron chi connectivity index (χ3n) is 2.55. The van der Waals surface area contributed by atoms with Gasteiger partial charge in [-0.25, -0.2) is 0 Å². The Bertz CT molecular complexity index is 410. The van der Waals surface area contributed by atoms with Crippen LogP contribution in [-0.2, 0) is 4.74 Å². The van der Waals surface area contributed by atoms with Crippen LogP contribution in [0.25, 0.3) is 0 Å². The zero-order chi connectivity index (χ0) is 10.8. The van der Waals surface area contributed by atoms with Gasteiger partial charge in [0.2, 0.25) is 0 Å². The molecule has 82 valence electrons. The van der Waals surface area contributed by atoms with Crippen molar-refractivity contribution in [2.45, 2.75) is 32.4 Å². The van der Waals surface area contributed by atoms with Crippen molar-refractivity contribution in [2.24, 2.45) is 0 Å². The Morgan fingerprint density at radius 3 is 3.07 bits per heavy atom. The molecule has 1 fully saturated rings. The first kappa shape index (κ1) is 10.6. The van der Waals surface area contributed by atoms with Crippen LogP contribution in [0.2, 0.25) is 5.02 Å². The van der Waals surface area contributed by atoms with E-state index in [1.165, 1.54) is 4.68 Å². The zero-order valence-corrected chi connectivity index (χ0v) is 9.33. The summed E-state index contributed by atoms with van der Waals surface area (Å²) in [7, 11) is 0. The van der Waals surface area contributed by atoms with Crippen LogP contribution in [-0.4, -0.2) is 16.4 Å². The molecule has 4 nitrogen and oxygen atoms in total. The van der Waals surface area contributed by atoms with Crippen molar-refractivity contribution in [3.63, 3.8) is 0 Å². The van der Waals surface area contributed by atoms with Crippen LogP contribution in [0.3, 0.4) is 0 Å². The fourth-order valence-electron chi connectivity index (χ4n) is 1.65. The second kappa shape index (κ2) is 4.33. The summed E-state index contributed by atoms with van der Waals surface area (Å²) in [5, 5.41) is 4.29. The van der Waals surface area contributed by atoms with Crippen LogP contribution in [0.1, 0.15) is 31.1 Å². The van der Waals surface area contributed by atoms with Crippen molar-refractivity contribution < 1.29 is 4.74 Å². The van der Waals surface area contributed by atoms with Gasteiger partial charge in [-0.2, -0.15) is 9.78 Å². The average Bonchev–Trinajstić information content (AvgIpc) is 2.27. The Labute approximate surface area is 92.8 Å². The Hall–Kier alpha value is -0.870. The lowest BCUT2D eigenvalue weighted by molar-refractivity contribution is -0.0424. The number of halogens is 1. The second-order valence-corrected chi connectivity index (χ2v) is 4.09. The van der Waals surface area contributed by atoms with Gasteiger partial charge in [-0.1, -0.05) is 11.6 Å². The van der Waals surface area contributed by atoms with Crippen molar-refractivity contribution in [3.8, 4) is 0 Å². The molecule has 1 saturated heterocycles. The molecule has 2 heterocycles. The summed E-state index contributed by atoms with van der Waals surface area (Å²) >= 11 is 5.87. The molecule has 1 aliphatic rings. The minimum Gasteiger partial charge on any atom is -0.356 e. The molecule has 0 spiro atoms. The number of aryl methyl sites for hydroxylation is 1. The molecule has 0 N–H and O–H groups in total. The standard InChI is InChI=1S/C10H13ClN2O2/c1-7-6-12-13(10(14)9(7)11)8-4-2-3-5-15-8/h6,8H,2-5H2,1H3/t8-/m1/s1. The van der Waals surface area contributed by atoms with Gasteiger partial charge >= 0.3 is 0 Å². The largest absolute Gasteiger partial charge is 0.356 e. The molecule has 0 aromatic carbocycles. The van der Waals surface area contributed by atoms with E-state index >= 15 is 0 Å². The highest BCUT2D eigenvalue weighted by atomic mass is 35.5. The molecule has 1 aromatic heterocycles. The van der Waals surface area contributed by atoms with Crippen LogP contribution in [0.15, 0.2) is 11.0 Å². The Morgan fingerprint density at radius 2 is 2.40 bits per heavy atom. The number of hydrogen-bond acceptors (Lipinski definition) is 3. The Kier molecular flexibility index (Phi) is 3.07. The molecule has 1 atom stereocenters. The van der Waals surface area contributed by atoms with E-state index in [1.54, 1.807) is 13.1 Å². The molecule has 0 aliphatic carbocycles. The highest BCUT2D eigenvalue weighted by Crippen LogP contribution is 2.20. The Morgan fingerprint density at radius 1 is 1.60 bits per heavy atom. The highest BCUT2D eigenvalue weighted by Gasteiger charge is 2.19. The maximum atomic E-state index is 11.8. The molecule has 0 bridgehead atoms. The molecule has 2 rings (SSSR count). The zero-order valence-electron chi connectivity index (χ0n) is 8.57. The maximum absolute atomic E-state index is 11.8. The summed E-state index contributed by atoms with van der Waals surface area (Å²) < 4.78 is 6.82. The van der Waals surface area contributed by atoms with Gasteiger partial charge in [0.05, 0.1) is 6.20 Å². The summed E-state index contributed by atoms with van der Waals surface area (Å²) in [6.07, 6.45) is 4.28. The van der Waals surface area contributed by atoms with Crippen molar-refractivity contribution in [2.75, 3.05) is 6.61 Å². The van der Waals surface area contributed by atoms with E-state index in [4.69, 9.17) is 16.3 Å². The summed E-state index contributed by atoms with van der Waals surface area (Å²) in [4.78, 5) is 11.8. The summed E-state index contributed by atoms with van der Waals surface area (Å²) in [5.74, 6) is 0. The molecular weight excluding hydrogens is 216 g/mol. The van der Waals surface area contributed by atoms with Gasteiger partial charge in [-0.15, -0.1) is 0 Å². The number of hydrogen-bond donors (Lipinski definition) is 0. The molecule has 15 heavy (non-hydrogen) atoms. The van der Waals surface area contributed by atoms with Gasteiger partial charge in [0.15, 0.2) is 6.23 Å². The molecule has 0 unspecified atom stereocenters. The summed E-state index contributed by atoms with van der Waals surface area (Å²) in [6.45, 7) is 2.45. The molecule has 1 aliphatic heterocycles. The highest BCUT2D eigenvalue weighted by molar-refractivity contribution is 6.31. The first-order chi connectivity index (χ1) is 7.20. The quantitative estimate of drug-likeness (QED) is 0.738. The van der Waals surface area contributed by atoms with Crippen LogP contribution in [0.5, 0.6) is 0 Å². The van der Waals surface area contributed by atoms with E-state index < -0.39 is 0 Å². The fraction of sp³-hybridized carbons (Fsp3) is 0.600. The van der Waals surface area contributed by atoms with Gasteiger partial charge in [0.25, 0.3) is 5.56 Å². The fourth-order valence-corrected chi connectivity index (χ4v) is 1.78. The molecule has 0 saturated carbocycles. The van der Waals surface area contributed by atoms with Gasteiger partial charge in [-0.05, 0) is 31.7 Å². The van der Waals surface area contributed by atoms with E-state index in [0.717, 1.165) is 19.3 Å². The van der Waals surface area contributed by atoms with Gasteiger partial charge in [0.1, 0.15) is 5.02 Å². The van der Waals surface area contributed by atoms with Crippen molar-refractivity contribution in [1.82, 2.24) is 9.78 Å². The maximum Gasteiger partial charge on any atom is 0.288 e. The van der Waals surface area contributed by atoms with Gasteiger partial charge in [0, 0.05) is 6.61 Å². The van der Waals surface area contributed by atoms with Crippen molar-refractivity contribution in [3.05, 3.63) is 27.1 Å². The van der Waals surface area contributed by atoms with Gasteiger partial charge < -0.3 is 4.74 Å². The van der Waals surface area contributed by atoms with E-state index in [-0.39, 0.29) is 16.8 Å². The molecular formula is C10H13ClN2O2. The minimum absolute atomic E-state index is 0.235.